The van der Waals surface area contributed by atoms with E-state index in [1.807, 2.05) is 19.2 Å². The molecule has 94 valence electrons. The molecular formula is C14H16N2O2. The van der Waals surface area contributed by atoms with E-state index in [1.54, 1.807) is 6.07 Å². The van der Waals surface area contributed by atoms with Crippen molar-refractivity contribution in [3.05, 3.63) is 29.6 Å². The molecule has 3 rings (SSSR count). The summed E-state index contributed by atoms with van der Waals surface area (Å²) in [6.07, 6.45) is 3.74. The van der Waals surface area contributed by atoms with E-state index in [0.717, 1.165) is 16.9 Å². The predicted octanol–water partition coefficient (Wildman–Crippen LogP) is 2.63. The molecule has 0 N–H and O–H groups in total. The minimum absolute atomic E-state index is 0.303. The summed E-state index contributed by atoms with van der Waals surface area (Å²) >= 11 is 0. The average Bonchev–Trinajstić information content (AvgIpc) is 2.64. The molecule has 1 saturated carbocycles. The number of benzene rings is 1. The molecule has 1 aromatic carbocycles. The molecule has 1 fully saturated rings. The maximum atomic E-state index is 11.5. The summed E-state index contributed by atoms with van der Waals surface area (Å²) < 4.78 is 6.85. The largest absolute Gasteiger partial charge is 0.465 e. The van der Waals surface area contributed by atoms with E-state index in [2.05, 4.69) is 9.55 Å². The van der Waals surface area contributed by atoms with Crippen LogP contribution in [0.4, 0.5) is 0 Å². The smallest absolute Gasteiger partial charge is 0.337 e. The zero-order chi connectivity index (χ0) is 12.7. The van der Waals surface area contributed by atoms with Gasteiger partial charge in [0.25, 0.3) is 0 Å². The summed E-state index contributed by atoms with van der Waals surface area (Å²) in [5, 5.41) is 0. The third-order valence-corrected chi connectivity index (χ3v) is 3.81. The van der Waals surface area contributed by atoms with E-state index in [9.17, 15) is 4.79 Å². The number of carbonyl (C=O) groups is 1. The molecule has 0 saturated heterocycles. The summed E-state index contributed by atoms with van der Waals surface area (Å²) in [5.74, 6) is 1.42. The lowest BCUT2D eigenvalue weighted by Gasteiger charge is -2.24. The molecule has 1 aromatic heterocycles. The molecule has 4 nitrogen and oxygen atoms in total. The van der Waals surface area contributed by atoms with E-state index in [-0.39, 0.29) is 5.97 Å². The first-order chi connectivity index (χ1) is 8.70. The second-order valence-corrected chi connectivity index (χ2v) is 4.85. The van der Waals surface area contributed by atoms with Crippen molar-refractivity contribution in [1.29, 1.82) is 0 Å². The van der Waals surface area contributed by atoms with Gasteiger partial charge >= 0.3 is 5.97 Å². The van der Waals surface area contributed by atoms with Crippen LogP contribution in [0.15, 0.2) is 18.2 Å². The molecule has 1 heterocycles. The van der Waals surface area contributed by atoms with Crippen LogP contribution in [0.25, 0.3) is 11.0 Å². The number of aromatic nitrogens is 2. The van der Waals surface area contributed by atoms with Crippen LogP contribution in [0.2, 0.25) is 0 Å². The number of nitrogens with zero attached hydrogens (tertiary/aromatic N) is 2. The van der Waals surface area contributed by atoms with Crippen LogP contribution in [0.5, 0.6) is 0 Å². The molecule has 0 radical (unpaired) electrons. The number of rotatable bonds is 2. The van der Waals surface area contributed by atoms with Gasteiger partial charge in [0.2, 0.25) is 0 Å². The standard InChI is InChI=1S/C14H16N2O2/c1-16-12-8-10(14(17)18-2)6-7-11(12)15-13(16)9-4-3-5-9/h6-9H,3-5H2,1-2H3. The zero-order valence-electron chi connectivity index (χ0n) is 10.6. The minimum Gasteiger partial charge on any atom is -0.465 e. The highest BCUT2D eigenvalue weighted by Gasteiger charge is 2.24. The first kappa shape index (κ1) is 11.3. The third-order valence-electron chi connectivity index (χ3n) is 3.81. The van der Waals surface area contributed by atoms with E-state index in [4.69, 9.17) is 4.74 Å². The topological polar surface area (TPSA) is 44.1 Å². The number of methoxy groups -OCH3 is 1. The Morgan fingerprint density at radius 3 is 2.83 bits per heavy atom. The number of imidazole rings is 1. The average molecular weight is 244 g/mol. The van der Waals surface area contributed by atoms with Crippen molar-refractivity contribution in [3.63, 3.8) is 0 Å². The molecule has 0 spiro atoms. The number of ether oxygens (including phenoxy) is 1. The van der Waals surface area contributed by atoms with Crippen molar-refractivity contribution in [3.8, 4) is 0 Å². The van der Waals surface area contributed by atoms with Gasteiger partial charge in [-0.2, -0.15) is 0 Å². The normalized spacial score (nSPS) is 15.7. The Hall–Kier alpha value is -1.84. The molecule has 0 atom stereocenters. The van der Waals surface area contributed by atoms with Crippen LogP contribution >= 0.6 is 0 Å². The van der Waals surface area contributed by atoms with Crippen molar-refractivity contribution < 1.29 is 9.53 Å². The Labute approximate surface area is 106 Å². The Kier molecular flexibility index (Phi) is 2.58. The van der Waals surface area contributed by atoms with Crippen LogP contribution in [0.3, 0.4) is 0 Å². The fourth-order valence-corrected chi connectivity index (χ4v) is 2.48. The number of carbonyl (C=O) groups excluding carboxylic acids is 1. The van der Waals surface area contributed by atoms with Crippen LogP contribution < -0.4 is 0 Å². The fraction of sp³-hybridized carbons (Fsp3) is 0.429. The first-order valence-electron chi connectivity index (χ1n) is 6.25. The quantitative estimate of drug-likeness (QED) is 0.763. The van der Waals surface area contributed by atoms with Gasteiger partial charge in [-0.1, -0.05) is 6.42 Å². The molecule has 0 bridgehead atoms. The highest BCUT2D eigenvalue weighted by molar-refractivity contribution is 5.93. The molecule has 2 aromatic rings. The lowest BCUT2D eigenvalue weighted by Crippen LogP contribution is -2.13. The van der Waals surface area contributed by atoms with Gasteiger partial charge in [-0.25, -0.2) is 9.78 Å². The van der Waals surface area contributed by atoms with Gasteiger partial charge in [-0.15, -0.1) is 0 Å². The van der Waals surface area contributed by atoms with Crippen LogP contribution in [-0.4, -0.2) is 22.6 Å². The summed E-state index contributed by atoms with van der Waals surface area (Å²) in [6.45, 7) is 0. The Bertz CT molecular complexity index is 612. The van der Waals surface area contributed by atoms with Gasteiger partial charge in [0, 0.05) is 13.0 Å². The van der Waals surface area contributed by atoms with Crippen molar-refractivity contribution in [1.82, 2.24) is 9.55 Å². The molecule has 1 aliphatic carbocycles. The van der Waals surface area contributed by atoms with E-state index >= 15 is 0 Å². The number of hydrogen-bond acceptors (Lipinski definition) is 3. The highest BCUT2D eigenvalue weighted by atomic mass is 16.5. The maximum absolute atomic E-state index is 11.5. The second kappa shape index (κ2) is 4.12. The van der Waals surface area contributed by atoms with Gasteiger partial charge in [-0.05, 0) is 31.0 Å². The third kappa shape index (κ3) is 1.60. The Morgan fingerprint density at radius 2 is 2.22 bits per heavy atom. The maximum Gasteiger partial charge on any atom is 0.337 e. The van der Waals surface area contributed by atoms with Gasteiger partial charge in [0.05, 0.1) is 23.7 Å². The van der Waals surface area contributed by atoms with Crippen molar-refractivity contribution >= 4 is 17.0 Å². The summed E-state index contributed by atoms with van der Waals surface area (Å²) in [7, 11) is 3.42. The molecule has 1 aliphatic rings. The molecule has 4 heteroatoms. The molecule has 0 unspecified atom stereocenters. The van der Waals surface area contributed by atoms with Crippen molar-refractivity contribution in [2.45, 2.75) is 25.2 Å². The number of fused-ring (bicyclic) bond motifs is 1. The number of hydrogen-bond donors (Lipinski definition) is 0. The predicted molar refractivity (Wildman–Crippen MR) is 68.6 cm³/mol. The molecule has 0 aliphatic heterocycles. The molecular weight excluding hydrogens is 228 g/mol. The summed E-state index contributed by atoms with van der Waals surface area (Å²) in [6, 6.07) is 5.52. The van der Waals surface area contributed by atoms with Crippen molar-refractivity contribution in [2.75, 3.05) is 7.11 Å². The second-order valence-electron chi connectivity index (χ2n) is 4.85. The van der Waals surface area contributed by atoms with E-state index in [1.165, 1.54) is 26.4 Å². The molecule has 18 heavy (non-hydrogen) atoms. The minimum atomic E-state index is -0.303. The van der Waals surface area contributed by atoms with Gasteiger partial charge < -0.3 is 9.30 Å². The first-order valence-corrected chi connectivity index (χ1v) is 6.25. The molecule has 0 amide bonds. The number of aryl methyl sites for hydroxylation is 1. The summed E-state index contributed by atoms with van der Waals surface area (Å²) in [4.78, 5) is 16.2. The monoisotopic (exact) mass is 244 g/mol. The fourth-order valence-electron chi connectivity index (χ4n) is 2.48. The van der Waals surface area contributed by atoms with Crippen LogP contribution in [-0.2, 0) is 11.8 Å². The Balaban J connectivity index is 2.09. The van der Waals surface area contributed by atoms with E-state index in [0.29, 0.717) is 11.5 Å². The van der Waals surface area contributed by atoms with E-state index < -0.39 is 0 Å². The SMILES string of the molecule is COC(=O)c1ccc2nc(C3CCC3)n(C)c2c1. The van der Waals surface area contributed by atoms with Gasteiger partial charge in [0.15, 0.2) is 0 Å². The van der Waals surface area contributed by atoms with Crippen molar-refractivity contribution in [2.24, 2.45) is 7.05 Å². The summed E-state index contributed by atoms with van der Waals surface area (Å²) in [5.41, 5.74) is 2.53. The zero-order valence-corrected chi connectivity index (χ0v) is 10.6. The van der Waals surface area contributed by atoms with Crippen LogP contribution in [0.1, 0.15) is 41.4 Å². The lowest BCUT2D eigenvalue weighted by molar-refractivity contribution is 0.0601. The van der Waals surface area contributed by atoms with Crippen LogP contribution in [0, 0.1) is 0 Å². The lowest BCUT2D eigenvalue weighted by atomic mass is 9.85. The van der Waals surface area contributed by atoms with Gasteiger partial charge in [0.1, 0.15) is 5.82 Å². The highest BCUT2D eigenvalue weighted by Crippen LogP contribution is 2.36. The number of esters is 1. The van der Waals surface area contributed by atoms with Gasteiger partial charge in [-0.3, -0.25) is 0 Å². The Morgan fingerprint density at radius 1 is 1.44 bits per heavy atom.